The summed E-state index contributed by atoms with van der Waals surface area (Å²) in [5.74, 6) is -0.757. The van der Waals surface area contributed by atoms with Crippen molar-refractivity contribution in [3.05, 3.63) is 23.2 Å². The van der Waals surface area contributed by atoms with Gasteiger partial charge in [0, 0.05) is 25.4 Å². The number of thioether (sulfide) groups is 1. The zero-order chi connectivity index (χ0) is 21.0. The number of esters is 1. The van der Waals surface area contributed by atoms with Gasteiger partial charge in [0.2, 0.25) is 10.0 Å². The van der Waals surface area contributed by atoms with Crippen LogP contribution in [-0.2, 0) is 24.3 Å². The third-order valence-electron chi connectivity index (χ3n) is 4.44. The van der Waals surface area contributed by atoms with Crippen molar-refractivity contribution in [2.45, 2.75) is 17.7 Å². The minimum absolute atomic E-state index is 0.0288. The van der Waals surface area contributed by atoms with Gasteiger partial charge < -0.3 is 15.0 Å². The van der Waals surface area contributed by atoms with Gasteiger partial charge in [0.15, 0.2) is 6.61 Å². The van der Waals surface area contributed by atoms with Crippen molar-refractivity contribution < 1.29 is 27.5 Å². The smallest absolute Gasteiger partial charge is 0.326 e. The third kappa shape index (κ3) is 5.41. The summed E-state index contributed by atoms with van der Waals surface area (Å²) < 4.78 is 31.6. The van der Waals surface area contributed by atoms with E-state index in [4.69, 9.17) is 16.3 Å². The highest BCUT2D eigenvalue weighted by molar-refractivity contribution is 8.13. The zero-order valence-electron chi connectivity index (χ0n) is 15.4. The predicted molar refractivity (Wildman–Crippen MR) is 108 cm³/mol. The second kappa shape index (κ2) is 9.33. The summed E-state index contributed by atoms with van der Waals surface area (Å²) in [6.07, 6.45) is 1.62. The van der Waals surface area contributed by atoms with Crippen molar-refractivity contribution in [1.29, 1.82) is 0 Å². The topological polar surface area (TPSA) is 113 Å². The number of amides is 2. The van der Waals surface area contributed by atoms with E-state index in [2.05, 4.69) is 5.32 Å². The molecule has 0 unspecified atom stereocenters. The lowest BCUT2D eigenvalue weighted by molar-refractivity contribution is -0.147. The fourth-order valence-electron chi connectivity index (χ4n) is 2.94. The summed E-state index contributed by atoms with van der Waals surface area (Å²) in [5, 5.41) is 2.41. The molecule has 0 saturated carbocycles. The molecule has 158 valence electrons. The molecule has 0 atom stereocenters. The van der Waals surface area contributed by atoms with Crippen LogP contribution in [0.25, 0.3) is 0 Å². The summed E-state index contributed by atoms with van der Waals surface area (Å²) in [6, 6.07) is 4.06. The van der Waals surface area contributed by atoms with Gasteiger partial charge in [-0.1, -0.05) is 23.4 Å². The van der Waals surface area contributed by atoms with Gasteiger partial charge in [-0.3, -0.25) is 14.4 Å². The molecule has 1 aromatic carbocycles. The van der Waals surface area contributed by atoms with Crippen molar-refractivity contribution in [2.75, 3.05) is 43.9 Å². The Bertz CT molecular complexity index is 918. The van der Waals surface area contributed by atoms with Gasteiger partial charge in [-0.05, 0) is 31.0 Å². The number of nitrogens with zero attached hydrogens (tertiary/aromatic N) is 2. The van der Waals surface area contributed by atoms with E-state index >= 15 is 0 Å². The van der Waals surface area contributed by atoms with E-state index < -0.39 is 28.5 Å². The van der Waals surface area contributed by atoms with E-state index in [1.54, 1.807) is 0 Å². The van der Waals surface area contributed by atoms with Crippen molar-refractivity contribution in [3.63, 3.8) is 0 Å². The number of carbonyl (C=O) groups is 3. The highest BCUT2D eigenvalue weighted by Crippen LogP contribution is 2.28. The maximum Gasteiger partial charge on any atom is 0.326 e. The van der Waals surface area contributed by atoms with Crippen LogP contribution in [0.15, 0.2) is 23.1 Å². The van der Waals surface area contributed by atoms with Gasteiger partial charge in [-0.2, -0.15) is 4.31 Å². The first kappa shape index (κ1) is 21.9. The van der Waals surface area contributed by atoms with Crippen molar-refractivity contribution >= 4 is 56.2 Å². The van der Waals surface area contributed by atoms with E-state index in [1.165, 1.54) is 27.4 Å². The molecule has 2 aliphatic heterocycles. The Balaban J connectivity index is 1.58. The Morgan fingerprint density at radius 1 is 1.21 bits per heavy atom. The lowest BCUT2D eigenvalue weighted by Crippen LogP contribution is -2.32. The van der Waals surface area contributed by atoms with E-state index in [1.807, 2.05) is 0 Å². The highest BCUT2D eigenvalue weighted by Gasteiger charge is 2.28. The van der Waals surface area contributed by atoms with Crippen LogP contribution in [-0.4, -0.2) is 73.3 Å². The number of rotatable bonds is 7. The van der Waals surface area contributed by atoms with Crippen LogP contribution in [0.5, 0.6) is 0 Å². The molecule has 1 N–H and O–H groups in total. The molecule has 0 bridgehead atoms. The standard InChI is InChI=1S/C17H20ClN3O6S2/c18-13-4-3-12(29(25,26)21-5-1-2-6-21)9-14(13)19-15(22)11-27-16(23)10-20-7-8-28-17(20)24/h3-4,9H,1-2,5-8,10-11H2,(H,19,22). The molecule has 0 aromatic heterocycles. The molecular formula is C17H20ClN3O6S2. The third-order valence-corrected chi connectivity index (χ3v) is 7.56. The lowest BCUT2D eigenvalue weighted by atomic mass is 10.3. The molecule has 2 heterocycles. The second-order valence-corrected chi connectivity index (χ2v) is 9.89. The number of sulfonamides is 1. The summed E-state index contributed by atoms with van der Waals surface area (Å²) in [4.78, 5) is 36.7. The Labute approximate surface area is 177 Å². The van der Waals surface area contributed by atoms with Gasteiger partial charge >= 0.3 is 5.97 Å². The highest BCUT2D eigenvalue weighted by atomic mass is 35.5. The van der Waals surface area contributed by atoms with Crippen LogP contribution in [0.2, 0.25) is 5.02 Å². The number of nitrogens with one attached hydrogen (secondary N) is 1. The molecule has 2 aliphatic rings. The Morgan fingerprint density at radius 3 is 2.59 bits per heavy atom. The summed E-state index contributed by atoms with van der Waals surface area (Å²) >= 11 is 7.18. The minimum atomic E-state index is -3.66. The molecule has 29 heavy (non-hydrogen) atoms. The van der Waals surface area contributed by atoms with E-state index in [0.29, 0.717) is 25.4 Å². The van der Waals surface area contributed by atoms with Gasteiger partial charge in [-0.15, -0.1) is 0 Å². The fourth-order valence-corrected chi connectivity index (χ4v) is 5.47. The molecule has 3 rings (SSSR count). The number of hydrogen-bond acceptors (Lipinski definition) is 7. The number of benzene rings is 1. The monoisotopic (exact) mass is 461 g/mol. The molecule has 1 aromatic rings. The zero-order valence-corrected chi connectivity index (χ0v) is 17.8. The number of halogens is 1. The van der Waals surface area contributed by atoms with Crippen molar-refractivity contribution in [2.24, 2.45) is 0 Å². The Kier molecular flexibility index (Phi) is 7.04. The quantitative estimate of drug-likeness (QED) is 0.615. The molecular weight excluding hydrogens is 442 g/mol. The predicted octanol–water partition coefficient (Wildman–Crippen LogP) is 1.77. The second-order valence-electron chi connectivity index (χ2n) is 6.50. The van der Waals surface area contributed by atoms with Gasteiger partial charge in [0.25, 0.3) is 11.1 Å². The average Bonchev–Trinajstić information content (AvgIpc) is 3.35. The first-order valence-corrected chi connectivity index (χ1v) is 11.7. The first-order valence-electron chi connectivity index (χ1n) is 8.94. The minimum Gasteiger partial charge on any atom is -0.454 e. The molecule has 2 saturated heterocycles. The van der Waals surface area contributed by atoms with Crippen LogP contribution in [0.1, 0.15) is 12.8 Å². The molecule has 9 nitrogen and oxygen atoms in total. The Morgan fingerprint density at radius 2 is 1.93 bits per heavy atom. The first-order chi connectivity index (χ1) is 13.8. The van der Waals surface area contributed by atoms with Crippen LogP contribution in [0, 0.1) is 0 Å². The van der Waals surface area contributed by atoms with E-state index in [0.717, 1.165) is 24.6 Å². The number of hydrogen-bond donors (Lipinski definition) is 1. The lowest BCUT2D eigenvalue weighted by Gasteiger charge is -2.17. The number of anilines is 1. The van der Waals surface area contributed by atoms with E-state index in [-0.39, 0.29) is 27.4 Å². The summed E-state index contributed by atoms with van der Waals surface area (Å²) in [5.41, 5.74) is 0.110. The summed E-state index contributed by atoms with van der Waals surface area (Å²) in [6.45, 7) is 0.580. The van der Waals surface area contributed by atoms with Gasteiger partial charge in [-0.25, -0.2) is 8.42 Å². The Hall–Kier alpha value is -1.82. The fraction of sp³-hybridized carbons (Fsp3) is 0.471. The van der Waals surface area contributed by atoms with Gasteiger partial charge in [0.1, 0.15) is 6.54 Å². The molecule has 2 amide bonds. The molecule has 0 radical (unpaired) electrons. The molecule has 12 heteroatoms. The van der Waals surface area contributed by atoms with Crippen LogP contribution in [0.3, 0.4) is 0 Å². The summed E-state index contributed by atoms with van der Waals surface area (Å²) in [7, 11) is -3.66. The number of carbonyl (C=O) groups excluding carboxylic acids is 3. The van der Waals surface area contributed by atoms with Gasteiger partial charge in [0.05, 0.1) is 15.6 Å². The van der Waals surface area contributed by atoms with Crippen LogP contribution < -0.4 is 5.32 Å². The maximum atomic E-state index is 12.7. The molecule has 0 aliphatic carbocycles. The van der Waals surface area contributed by atoms with Crippen LogP contribution in [0.4, 0.5) is 10.5 Å². The average molecular weight is 462 g/mol. The molecule has 0 spiro atoms. The maximum absolute atomic E-state index is 12.7. The van der Waals surface area contributed by atoms with Crippen molar-refractivity contribution in [3.8, 4) is 0 Å². The SMILES string of the molecule is O=C(COC(=O)CN1CCSC1=O)Nc1cc(S(=O)(=O)N2CCCC2)ccc1Cl. The normalized spacial score (nSPS) is 17.6. The van der Waals surface area contributed by atoms with Crippen LogP contribution >= 0.6 is 23.4 Å². The molecule has 2 fully saturated rings. The van der Waals surface area contributed by atoms with Crippen molar-refractivity contribution in [1.82, 2.24) is 9.21 Å². The number of ether oxygens (including phenoxy) is 1. The van der Waals surface area contributed by atoms with E-state index in [9.17, 15) is 22.8 Å². The largest absolute Gasteiger partial charge is 0.454 e.